The molecule has 0 aromatic heterocycles. The SMILES string of the molecule is CC(OC1(N)C=CC(C#N)=CN1)c1c(Cl)ccc(F)c1Cl. The summed E-state index contributed by atoms with van der Waals surface area (Å²) in [7, 11) is 0. The molecule has 0 aliphatic carbocycles. The minimum Gasteiger partial charge on any atom is -0.347 e. The molecule has 4 nitrogen and oxygen atoms in total. The molecule has 2 rings (SSSR count). The van der Waals surface area contributed by atoms with Gasteiger partial charge in [-0.1, -0.05) is 23.2 Å². The van der Waals surface area contributed by atoms with Crippen molar-refractivity contribution in [3.8, 4) is 6.07 Å². The van der Waals surface area contributed by atoms with Gasteiger partial charge in [0.05, 0.1) is 16.7 Å². The van der Waals surface area contributed by atoms with E-state index in [4.69, 9.17) is 38.9 Å². The number of nitriles is 1. The fraction of sp³-hybridized carbons (Fsp3) is 0.214. The molecule has 1 aliphatic rings. The number of rotatable bonds is 3. The second kappa shape index (κ2) is 6.04. The number of ether oxygens (including phenoxy) is 1. The summed E-state index contributed by atoms with van der Waals surface area (Å²) in [6.07, 6.45) is 3.78. The molecule has 0 amide bonds. The van der Waals surface area contributed by atoms with Crippen LogP contribution in [0.4, 0.5) is 4.39 Å². The van der Waals surface area contributed by atoms with E-state index in [2.05, 4.69) is 5.32 Å². The Morgan fingerprint density at radius 1 is 1.48 bits per heavy atom. The van der Waals surface area contributed by atoms with E-state index in [0.717, 1.165) is 0 Å². The highest BCUT2D eigenvalue weighted by molar-refractivity contribution is 6.36. The molecule has 0 bridgehead atoms. The van der Waals surface area contributed by atoms with E-state index in [1.54, 1.807) is 6.92 Å². The van der Waals surface area contributed by atoms with Gasteiger partial charge in [0.1, 0.15) is 11.9 Å². The van der Waals surface area contributed by atoms with Gasteiger partial charge in [0.25, 0.3) is 0 Å². The Morgan fingerprint density at radius 3 is 2.76 bits per heavy atom. The Balaban J connectivity index is 2.22. The van der Waals surface area contributed by atoms with Crippen LogP contribution in [0.5, 0.6) is 0 Å². The third-order valence-electron chi connectivity index (χ3n) is 2.95. The van der Waals surface area contributed by atoms with E-state index in [0.29, 0.717) is 11.1 Å². The molecular formula is C14H12Cl2FN3O. The molecule has 1 heterocycles. The van der Waals surface area contributed by atoms with Crippen LogP contribution in [0.1, 0.15) is 18.6 Å². The van der Waals surface area contributed by atoms with Gasteiger partial charge in [0.15, 0.2) is 0 Å². The number of nitrogens with zero attached hydrogens (tertiary/aromatic N) is 1. The summed E-state index contributed by atoms with van der Waals surface area (Å²) in [4.78, 5) is 0. The van der Waals surface area contributed by atoms with Crippen molar-refractivity contribution < 1.29 is 9.13 Å². The topological polar surface area (TPSA) is 71.1 Å². The minimum absolute atomic E-state index is 0.105. The highest BCUT2D eigenvalue weighted by atomic mass is 35.5. The number of nitrogens with two attached hydrogens (primary N) is 1. The first-order valence-electron chi connectivity index (χ1n) is 6.03. The lowest BCUT2D eigenvalue weighted by molar-refractivity contribution is -0.0677. The molecular weight excluding hydrogens is 316 g/mol. The van der Waals surface area contributed by atoms with Crippen molar-refractivity contribution in [3.05, 3.63) is 57.5 Å². The molecule has 1 aromatic carbocycles. The first kappa shape index (κ1) is 15.8. The van der Waals surface area contributed by atoms with Crippen LogP contribution >= 0.6 is 23.2 Å². The van der Waals surface area contributed by atoms with E-state index < -0.39 is 17.8 Å². The van der Waals surface area contributed by atoms with Crippen molar-refractivity contribution in [2.24, 2.45) is 5.73 Å². The maximum Gasteiger partial charge on any atom is 0.213 e. The number of allylic oxidation sites excluding steroid dienone is 2. The normalized spacial score (nSPS) is 22.2. The largest absolute Gasteiger partial charge is 0.347 e. The van der Waals surface area contributed by atoms with Crippen molar-refractivity contribution in [1.29, 1.82) is 5.26 Å². The standard InChI is InChI=1S/C14H12Cl2FN3O/c1-8(12-10(15)2-3-11(17)13(12)16)21-14(19)5-4-9(6-18)7-20-14/h2-5,7-8,20H,19H2,1H3. The quantitative estimate of drug-likeness (QED) is 0.659. The molecule has 0 saturated carbocycles. The molecule has 0 spiro atoms. The smallest absolute Gasteiger partial charge is 0.213 e. The average molecular weight is 328 g/mol. The van der Waals surface area contributed by atoms with Gasteiger partial charge in [-0.25, -0.2) is 4.39 Å². The molecule has 110 valence electrons. The lowest BCUT2D eigenvalue weighted by Gasteiger charge is -2.32. The van der Waals surface area contributed by atoms with Gasteiger partial charge in [-0.05, 0) is 31.2 Å². The molecule has 0 radical (unpaired) electrons. The first-order chi connectivity index (χ1) is 9.86. The lowest BCUT2D eigenvalue weighted by Crippen LogP contribution is -2.53. The summed E-state index contributed by atoms with van der Waals surface area (Å²) < 4.78 is 19.2. The van der Waals surface area contributed by atoms with Crippen LogP contribution in [0.25, 0.3) is 0 Å². The minimum atomic E-state index is -1.33. The number of hydrogen-bond donors (Lipinski definition) is 2. The molecule has 7 heteroatoms. The van der Waals surface area contributed by atoms with Crippen LogP contribution < -0.4 is 11.1 Å². The van der Waals surface area contributed by atoms with Crippen molar-refractivity contribution in [3.63, 3.8) is 0 Å². The monoisotopic (exact) mass is 327 g/mol. The molecule has 2 atom stereocenters. The van der Waals surface area contributed by atoms with Crippen LogP contribution in [0, 0.1) is 17.1 Å². The lowest BCUT2D eigenvalue weighted by atomic mass is 10.1. The highest BCUT2D eigenvalue weighted by Crippen LogP contribution is 2.35. The van der Waals surface area contributed by atoms with Gasteiger partial charge in [-0.2, -0.15) is 5.26 Å². The van der Waals surface area contributed by atoms with Crippen molar-refractivity contribution in [2.75, 3.05) is 0 Å². The summed E-state index contributed by atoms with van der Waals surface area (Å²) in [6, 6.07) is 4.54. The Hall–Kier alpha value is -1.58. The van der Waals surface area contributed by atoms with Crippen LogP contribution in [-0.4, -0.2) is 5.85 Å². The summed E-state index contributed by atoms with van der Waals surface area (Å²) in [6.45, 7) is 1.65. The van der Waals surface area contributed by atoms with Crippen LogP contribution in [-0.2, 0) is 4.74 Å². The average Bonchev–Trinajstić information content (AvgIpc) is 2.44. The van der Waals surface area contributed by atoms with Gasteiger partial charge in [-0.3, -0.25) is 5.73 Å². The Morgan fingerprint density at radius 2 is 2.19 bits per heavy atom. The first-order valence-corrected chi connectivity index (χ1v) is 6.79. The second-order valence-electron chi connectivity index (χ2n) is 4.50. The molecule has 0 saturated heterocycles. The molecule has 1 aromatic rings. The number of halogens is 3. The zero-order chi connectivity index (χ0) is 15.6. The Bertz CT molecular complexity index is 669. The molecule has 0 fully saturated rings. The predicted molar refractivity (Wildman–Crippen MR) is 78.8 cm³/mol. The van der Waals surface area contributed by atoms with Gasteiger partial charge in [0, 0.05) is 16.8 Å². The van der Waals surface area contributed by atoms with Crippen LogP contribution in [0.2, 0.25) is 10.0 Å². The van der Waals surface area contributed by atoms with Crippen molar-refractivity contribution in [2.45, 2.75) is 18.9 Å². The van der Waals surface area contributed by atoms with Gasteiger partial charge < -0.3 is 10.1 Å². The number of nitrogens with one attached hydrogen (secondary N) is 1. The highest BCUT2D eigenvalue weighted by Gasteiger charge is 2.29. The molecule has 3 N–H and O–H groups in total. The Labute approximate surface area is 131 Å². The zero-order valence-electron chi connectivity index (χ0n) is 11.0. The van der Waals surface area contributed by atoms with E-state index in [1.807, 2.05) is 6.07 Å². The number of benzene rings is 1. The molecule has 1 aliphatic heterocycles. The van der Waals surface area contributed by atoms with Gasteiger partial charge in [-0.15, -0.1) is 0 Å². The summed E-state index contributed by atoms with van der Waals surface area (Å²) in [5, 5.41) is 11.7. The van der Waals surface area contributed by atoms with E-state index >= 15 is 0 Å². The fourth-order valence-corrected chi connectivity index (χ4v) is 2.59. The van der Waals surface area contributed by atoms with Crippen molar-refractivity contribution >= 4 is 23.2 Å². The third kappa shape index (κ3) is 3.36. The second-order valence-corrected chi connectivity index (χ2v) is 5.28. The summed E-state index contributed by atoms with van der Waals surface area (Å²) in [5.74, 6) is -1.92. The predicted octanol–water partition coefficient (Wildman–Crippen LogP) is 3.39. The van der Waals surface area contributed by atoms with Gasteiger partial charge >= 0.3 is 0 Å². The van der Waals surface area contributed by atoms with Crippen LogP contribution in [0.3, 0.4) is 0 Å². The molecule has 2 unspecified atom stereocenters. The number of hydrogen-bond acceptors (Lipinski definition) is 4. The van der Waals surface area contributed by atoms with Crippen molar-refractivity contribution in [1.82, 2.24) is 5.32 Å². The maximum atomic E-state index is 13.5. The zero-order valence-corrected chi connectivity index (χ0v) is 12.5. The number of dihydropyridines is 1. The third-order valence-corrected chi connectivity index (χ3v) is 3.66. The Kier molecular flexibility index (Phi) is 4.55. The molecule has 21 heavy (non-hydrogen) atoms. The van der Waals surface area contributed by atoms with E-state index in [1.165, 1.54) is 30.5 Å². The fourth-order valence-electron chi connectivity index (χ4n) is 1.91. The summed E-state index contributed by atoms with van der Waals surface area (Å²) >= 11 is 12.0. The maximum absolute atomic E-state index is 13.5. The van der Waals surface area contributed by atoms with E-state index in [-0.39, 0.29) is 10.0 Å². The van der Waals surface area contributed by atoms with Gasteiger partial charge in [0.2, 0.25) is 5.85 Å². The van der Waals surface area contributed by atoms with Crippen LogP contribution in [0.15, 0.2) is 36.1 Å². The van der Waals surface area contributed by atoms with E-state index in [9.17, 15) is 4.39 Å². The summed E-state index contributed by atoms with van der Waals surface area (Å²) in [5.41, 5.74) is 6.72.